The molecule has 0 unspecified atom stereocenters. The second kappa shape index (κ2) is 9.35. The molecule has 0 saturated carbocycles. The number of rotatable bonds is 6. The van der Waals surface area contributed by atoms with E-state index in [0.717, 1.165) is 0 Å². The van der Waals surface area contributed by atoms with Gasteiger partial charge in [0.1, 0.15) is 12.7 Å². The first-order chi connectivity index (χ1) is 13.9. The lowest BCUT2D eigenvalue weighted by Gasteiger charge is -2.29. The highest BCUT2D eigenvalue weighted by atomic mass is 35.5. The van der Waals surface area contributed by atoms with E-state index >= 15 is 0 Å². The summed E-state index contributed by atoms with van der Waals surface area (Å²) in [5.74, 6) is 0.387. The monoisotopic (exact) mass is 438 g/mol. The van der Waals surface area contributed by atoms with E-state index < -0.39 is 5.97 Å². The van der Waals surface area contributed by atoms with E-state index in [-0.39, 0.29) is 39.9 Å². The first kappa shape index (κ1) is 21.2. The zero-order valence-electron chi connectivity index (χ0n) is 15.9. The van der Waals surface area contributed by atoms with Crippen LogP contribution in [0, 0.1) is 0 Å². The fourth-order valence-electron chi connectivity index (χ4n) is 2.96. The van der Waals surface area contributed by atoms with Gasteiger partial charge in [-0.15, -0.1) is 0 Å². The smallest absolute Gasteiger partial charge is 0.340 e. The van der Waals surface area contributed by atoms with Gasteiger partial charge in [0, 0.05) is 11.6 Å². The van der Waals surface area contributed by atoms with E-state index in [1.54, 1.807) is 11.9 Å². The number of halogens is 2. The zero-order chi connectivity index (χ0) is 21.0. The molecular weight excluding hydrogens is 419 g/mol. The summed E-state index contributed by atoms with van der Waals surface area (Å²) >= 11 is 12.1. The van der Waals surface area contributed by atoms with E-state index in [9.17, 15) is 9.59 Å². The molecule has 2 aromatic carbocycles. The minimum absolute atomic E-state index is 0.0566. The Bertz CT molecular complexity index is 922. The number of hydrogen-bond acceptors (Lipinski definition) is 6. The minimum atomic E-state index is -0.649. The molecule has 3 rings (SSSR count). The van der Waals surface area contributed by atoms with Crippen LogP contribution in [-0.2, 0) is 9.53 Å². The van der Waals surface area contributed by atoms with Gasteiger partial charge in [0.05, 0.1) is 29.9 Å². The molecule has 0 aromatic heterocycles. The highest BCUT2D eigenvalue weighted by molar-refractivity contribution is 6.37. The van der Waals surface area contributed by atoms with Crippen molar-refractivity contribution in [3.63, 3.8) is 0 Å². The second-order valence-corrected chi connectivity index (χ2v) is 7.39. The van der Waals surface area contributed by atoms with Crippen molar-refractivity contribution in [1.29, 1.82) is 0 Å². The number of para-hydroxylation sites is 2. The van der Waals surface area contributed by atoms with Crippen molar-refractivity contribution in [2.24, 2.45) is 0 Å². The predicted molar refractivity (Wildman–Crippen MR) is 110 cm³/mol. The van der Waals surface area contributed by atoms with Gasteiger partial charge in [0.15, 0.2) is 11.5 Å². The summed E-state index contributed by atoms with van der Waals surface area (Å²) in [7, 11) is 3.02. The predicted octanol–water partition coefficient (Wildman–Crippen LogP) is 3.49. The van der Waals surface area contributed by atoms with Crippen LogP contribution in [-0.4, -0.2) is 56.7 Å². The van der Waals surface area contributed by atoms with Gasteiger partial charge >= 0.3 is 5.97 Å². The molecule has 1 N–H and O–H groups in total. The molecule has 0 radical (unpaired) electrons. The van der Waals surface area contributed by atoms with E-state index in [1.807, 2.05) is 24.3 Å². The molecule has 29 heavy (non-hydrogen) atoms. The highest BCUT2D eigenvalue weighted by Gasteiger charge is 2.23. The lowest BCUT2D eigenvalue weighted by molar-refractivity contribution is -0.117. The Morgan fingerprint density at radius 2 is 1.97 bits per heavy atom. The maximum absolute atomic E-state index is 12.5. The quantitative estimate of drug-likeness (QED) is 0.695. The van der Waals surface area contributed by atoms with Crippen LogP contribution in [0.25, 0.3) is 0 Å². The van der Waals surface area contributed by atoms with E-state index in [2.05, 4.69) is 5.32 Å². The molecule has 1 aliphatic heterocycles. The van der Waals surface area contributed by atoms with Crippen molar-refractivity contribution in [3.05, 3.63) is 52.0 Å². The normalized spacial score (nSPS) is 15.1. The number of amides is 1. The standard InChI is InChI=1S/C20H20Cl2N2O5/c1-24(9-13-11-28-16-5-3-4-6-17(16)29-13)10-18(25)23-19-14(20(26)27-2)7-12(21)8-15(19)22/h3-8,13H,9-11H2,1-2H3,(H,23,25)/t13-/m1/s1. The highest BCUT2D eigenvalue weighted by Crippen LogP contribution is 2.32. The number of benzene rings is 2. The Hall–Kier alpha value is -2.48. The SMILES string of the molecule is COC(=O)c1cc(Cl)cc(Cl)c1NC(=O)CN(C)C[C@@H]1COc2ccccc2O1. The Labute approximate surface area is 178 Å². The molecule has 0 bridgehead atoms. The lowest BCUT2D eigenvalue weighted by atomic mass is 10.1. The number of fused-ring (bicyclic) bond motifs is 1. The van der Waals surface area contributed by atoms with Crippen molar-refractivity contribution in [3.8, 4) is 11.5 Å². The summed E-state index contributed by atoms with van der Waals surface area (Å²) in [6.45, 7) is 0.916. The van der Waals surface area contributed by atoms with E-state index in [0.29, 0.717) is 24.7 Å². The van der Waals surface area contributed by atoms with Crippen LogP contribution in [0.15, 0.2) is 36.4 Å². The summed E-state index contributed by atoms with van der Waals surface area (Å²) in [5.41, 5.74) is 0.245. The Balaban J connectivity index is 1.61. The molecule has 0 saturated heterocycles. The fourth-order valence-corrected chi connectivity index (χ4v) is 3.50. The molecule has 1 atom stereocenters. The van der Waals surface area contributed by atoms with Crippen molar-refractivity contribution in [1.82, 2.24) is 4.90 Å². The van der Waals surface area contributed by atoms with Gasteiger partial charge in [-0.2, -0.15) is 0 Å². The largest absolute Gasteiger partial charge is 0.486 e. The number of carbonyl (C=O) groups is 2. The van der Waals surface area contributed by atoms with Crippen LogP contribution in [0.5, 0.6) is 11.5 Å². The Morgan fingerprint density at radius 1 is 1.24 bits per heavy atom. The lowest BCUT2D eigenvalue weighted by Crippen LogP contribution is -2.42. The van der Waals surface area contributed by atoms with Crippen molar-refractivity contribution < 1.29 is 23.8 Å². The van der Waals surface area contributed by atoms with Crippen LogP contribution >= 0.6 is 23.2 Å². The van der Waals surface area contributed by atoms with Crippen molar-refractivity contribution >= 4 is 40.8 Å². The number of nitrogens with one attached hydrogen (secondary N) is 1. The molecule has 1 amide bonds. The molecule has 0 aliphatic carbocycles. The zero-order valence-corrected chi connectivity index (χ0v) is 17.4. The maximum Gasteiger partial charge on any atom is 0.340 e. The van der Waals surface area contributed by atoms with Gasteiger partial charge in [0.2, 0.25) is 5.91 Å². The first-order valence-corrected chi connectivity index (χ1v) is 9.57. The number of anilines is 1. The number of methoxy groups -OCH3 is 1. The number of hydrogen-bond donors (Lipinski definition) is 1. The fraction of sp³-hybridized carbons (Fsp3) is 0.300. The Kier molecular flexibility index (Phi) is 6.84. The summed E-state index contributed by atoms with van der Waals surface area (Å²) in [4.78, 5) is 26.3. The molecule has 2 aromatic rings. The molecule has 1 heterocycles. The van der Waals surface area contributed by atoms with Crippen LogP contribution < -0.4 is 14.8 Å². The number of carbonyl (C=O) groups excluding carboxylic acids is 2. The average molecular weight is 439 g/mol. The van der Waals surface area contributed by atoms with Gasteiger partial charge in [-0.05, 0) is 31.3 Å². The third-order valence-corrected chi connectivity index (χ3v) is 4.74. The molecule has 0 fully saturated rings. The van der Waals surface area contributed by atoms with Gasteiger partial charge in [0.25, 0.3) is 0 Å². The minimum Gasteiger partial charge on any atom is -0.486 e. The van der Waals surface area contributed by atoms with Crippen LogP contribution in [0.3, 0.4) is 0 Å². The number of esters is 1. The van der Waals surface area contributed by atoms with E-state index in [4.69, 9.17) is 37.4 Å². The maximum atomic E-state index is 12.5. The molecule has 154 valence electrons. The molecule has 1 aliphatic rings. The van der Waals surface area contributed by atoms with Crippen LogP contribution in [0.1, 0.15) is 10.4 Å². The van der Waals surface area contributed by atoms with Gasteiger partial charge in [-0.25, -0.2) is 4.79 Å². The third-order valence-electron chi connectivity index (χ3n) is 4.22. The average Bonchev–Trinajstić information content (AvgIpc) is 2.69. The van der Waals surface area contributed by atoms with Crippen LogP contribution in [0.2, 0.25) is 10.0 Å². The second-order valence-electron chi connectivity index (χ2n) is 6.54. The van der Waals surface area contributed by atoms with Crippen molar-refractivity contribution in [2.45, 2.75) is 6.10 Å². The van der Waals surface area contributed by atoms with Gasteiger partial charge in [-0.1, -0.05) is 35.3 Å². The van der Waals surface area contributed by atoms with Gasteiger partial charge in [-0.3, -0.25) is 9.69 Å². The van der Waals surface area contributed by atoms with Gasteiger partial charge < -0.3 is 19.5 Å². The van der Waals surface area contributed by atoms with Crippen molar-refractivity contribution in [2.75, 3.05) is 39.2 Å². The molecule has 7 nitrogen and oxygen atoms in total. The summed E-state index contributed by atoms with van der Waals surface area (Å²) < 4.78 is 16.3. The number of nitrogens with zero attached hydrogens (tertiary/aromatic N) is 1. The molecule has 9 heteroatoms. The van der Waals surface area contributed by atoms with Crippen LogP contribution in [0.4, 0.5) is 5.69 Å². The summed E-state index contributed by atoms with van der Waals surface area (Å²) in [6.07, 6.45) is -0.215. The third kappa shape index (κ3) is 5.32. The summed E-state index contributed by atoms with van der Waals surface area (Å²) in [5, 5.41) is 3.07. The first-order valence-electron chi connectivity index (χ1n) is 8.81. The Morgan fingerprint density at radius 3 is 2.69 bits per heavy atom. The van der Waals surface area contributed by atoms with E-state index in [1.165, 1.54) is 19.2 Å². The number of likely N-dealkylation sites (N-methyl/N-ethyl adjacent to an activating group) is 1. The molecule has 0 spiro atoms. The molecular formula is C20H20Cl2N2O5. The number of ether oxygens (including phenoxy) is 3. The topological polar surface area (TPSA) is 77.1 Å². The summed E-state index contributed by atoms with van der Waals surface area (Å²) in [6, 6.07) is 10.3.